The molecule has 7 nitrogen and oxygen atoms in total. The number of nitrogens with zero attached hydrogens (tertiary/aromatic N) is 2. The number of carbonyl (C=O) groups is 2. The van der Waals surface area contributed by atoms with E-state index in [2.05, 4.69) is 39.3 Å². The summed E-state index contributed by atoms with van der Waals surface area (Å²) in [6.45, 7) is 2.11. The number of halogens is 4. The van der Waals surface area contributed by atoms with Gasteiger partial charge in [-0.2, -0.15) is 0 Å². The molecule has 12 heteroatoms. The molecule has 0 spiro atoms. The number of nitrogens with one attached hydrogen (secondary N) is 1. The maximum atomic E-state index is 13.6. The van der Waals surface area contributed by atoms with Gasteiger partial charge in [-0.05, 0) is 73.3 Å². The predicted molar refractivity (Wildman–Crippen MR) is 149 cm³/mol. The number of ether oxygens (including phenoxy) is 2. The van der Waals surface area contributed by atoms with Crippen molar-refractivity contribution in [2.75, 3.05) is 6.61 Å². The Labute approximate surface area is 243 Å². The van der Waals surface area contributed by atoms with E-state index in [1.165, 1.54) is 23.0 Å². The van der Waals surface area contributed by atoms with Crippen molar-refractivity contribution in [3.05, 3.63) is 77.5 Å². The first-order chi connectivity index (χ1) is 20.1. The van der Waals surface area contributed by atoms with Crippen LogP contribution in [0.15, 0.2) is 54.9 Å². The average Bonchev–Trinajstić information content (AvgIpc) is 3.53. The Balaban J connectivity index is 1.17. The maximum absolute atomic E-state index is 13.6. The molecular weight excluding hydrogens is 574 g/mol. The van der Waals surface area contributed by atoms with Crippen LogP contribution in [0.1, 0.15) is 66.6 Å². The molecule has 2 aromatic heterocycles. The number of hydrogen-bond acceptors (Lipinski definition) is 6. The fourth-order valence-corrected chi connectivity index (χ4v) is 6.22. The van der Waals surface area contributed by atoms with Crippen LogP contribution < -0.4 is 10.1 Å². The summed E-state index contributed by atoms with van der Waals surface area (Å²) in [4.78, 5) is 30.4. The molecule has 5 rings (SSSR count). The molecule has 1 saturated carbocycles. The monoisotopic (exact) mass is 603 g/mol. The summed E-state index contributed by atoms with van der Waals surface area (Å²) in [5, 5.41) is 2.58. The largest absolute Gasteiger partial charge is 0.573 e. The molecule has 42 heavy (non-hydrogen) atoms. The Morgan fingerprint density at radius 3 is 2.48 bits per heavy atom. The van der Waals surface area contributed by atoms with E-state index in [1.54, 1.807) is 10.6 Å². The molecule has 0 unspecified atom stereocenters. The molecule has 0 radical (unpaired) electrons. The van der Waals surface area contributed by atoms with E-state index in [4.69, 9.17) is 4.74 Å². The number of carbonyl (C=O) groups excluding carboxylic acids is 2. The number of esters is 1. The zero-order valence-corrected chi connectivity index (χ0v) is 23.6. The summed E-state index contributed by atoms with van der Waals surface area (Å²) in [5.41, 5.74) is 2.70. The normalized spacial score (nSPS) is 17.3. The summed E-state index contributed by atoms with van der Waals surface area (Å²) in [5.74, 6) is -1.88. The quantitative estimate of drug-likeness (QED) is 0.161. The minimum absolute atomic E-state index is 0.109. The van der Waals surface area contributed by atoms with Crippen molar-refractivity contribution in [3.63, 3.8) is 0 Å². The van der Waals surface area contributed by atoms with Crippen molar-refractivity contribution < 1.29 is 36.6 Å². The van der Waals surface area contributed by atoms with E-state index in [-0.39, 0.29) is 23.8 Å². The number of alkyl halides is 3. The zero-order chi connectivity index (χ0) is 29.9. The predicted octanol–water partition coefficient (Wildman–Crippen LogP) is 7.26. The maximum Gasteiger partial charge on any atom is 0.573 e. The van der Waals surface area contributed by atoms with Crippen LogP contribution in [0.3, 0.4) is 0 Å². The summed E-state index contributed by atoms with van der Waals surface area (Å²) in [6, 6.07) is 11.5. The lowest BCUT2D eigenvalue weighted by Crippen LogP contribution is -2.23. The summed E-state index contributed by atoms with van der Waals surface area (Å²) in [6.07, 6.45) is 3.06. The Kier molecular flexibility index (Phi) is 8.81. The Morgan fingerprint density at radius 2 is 1.81 bits per heavy atom. The molecule has 2 aromatic carbocycles. The van der Waals surface area contributed by atoms with Crippen molar-refractivity contribution in [2.24, 2.45) is 5.92 Å². The van der Waals surface area contributed by atoms with E-state index in [1.807, 2.05) is 13.1 Å². The van der Waals surface area contributed by atoms with Gasteiger partial charge in [-0.15, -0.1) is 13.2 Å². The first kappa shape index (κ1) is 29.6. The number of rotatable bonds is 9. The lowest BCUT2D eigenvalue weighted by molar-refractivity contribution is -0.275. The molecule has 1 amide bonds. The van der Waals surface area contributed by atoms with Gasteiger partial charge in [0, 0.05) is 25.4 Å². The standard InChI is InChI=1S/C30H29F4N3O4S/c1-2-40-27(38)14-18-3-6-20(7-4-18)21-8-10-22(11-9-21)26-17-37-16-24(36-29(37)42-26)28(39)35-15-19-5-12-23(31)25(13-19)41-30(32,33)34/h5,8-13,16-18,20H,2-4,6-7,14-15H2,1H3,(H,35,39). The highest BCUT2D eigenvalue weighted by molar-refractivity contribution is 7.20. The number of benzene rings is 2. The van der Waals surface area contributed by atoms with Crippen molar-refractivity contribution in [1.29, 1.82) is 0 Å². The highest BCUT2D eigenvalue weighted by atomic mass is 32.1. The number of fused-ring (bicyclic) bond motifs is 1. The van der Waals surface area contributed by atoms with Gasteiger partial charge in [0.1, 0.15) is 5.69 Å². The summed E-state index contributed by atoms with van der Waals surface area (Å²) in [7, 11) is 0. The van der Waals surface area contributed by atoms with Crippen LogP contribution in [0.2, 0.25) is 0 Å². The van der Waals surface area contributed by atoms with E-state index in [9.17, 15) is 27.2 Å². The second-order valence-electron chi connectivity index (χ2n) is 10.3. The highest BCUT2D eigenvalue weighted by Crippen LogP contribution is 2.38. The molecule has 1 aliphatic carbocycles. The minimum Gasteiger partial charge on any atom is -0.466 e. The van der Waals surface area contributed by atoms with Gasteiger partial charge in [-0.3, -0.25) is 14.0 Å². The van der Waals surface area contributed by atoms with Gasteiger partial charge in [-0.25, -0.2) is 9.37 Å². The van der Waals surface area contributed by atoms with Crippen LogP contribution in [-0.2, 0) is 16.1 Å². The lowest BCUT2D eigenvalue weighted by atomic mass is 9.77. The van der Waals surface area contributed by atoms with E-state index in [0.29, 0.717) is 29.8 Å². The fourth-order valence-electron chi connectivity index (χ4n) is 5.25. The van der Waals surface area contributed by atoms with Crippen LogP contribution in [0.5, 0.6) is 5.75 Å². The van der Waals surface area contributed by atoms with E-state index < -0.39 is 23.8 Å². The average molecular weight is 604 g/mol. The Morgan fingerprint density at radius 1 is 1.07 bits per heavy atom. The molecule has 0 atom stereocenters. The van der Waals surface area contributed by atoms with Gasteiger partial charge in [0.2, 0.25) is 0 Å². The topological polar surface area (TPSA) is 81.9 Å². The number of hydrogen-bond donors (Lipinski definition) is 1. The Hall–Kier alpha value is -3.93. The molecule has 0 saturated heterocycles. The van der Waals surface area contributed by atoms with Crippen LogP contribution in [-0.4, -0.2) is 34.2 Å². The van der Waals surface area contributed by atoms with Gasteiger partial charge >= 0.3 is 12.3 Å². The summed E-state index contributed by atoms with van der Waals surface area (Å²) >= 11 is 1.43. The van der Waals surface area contributed by atoms with Gasteiger partial charge in [0.25, 0.3) is 5.91 Å². The number of amides is 1. The molecule has 1 aliphatic rings. The van der Waals surface area contributed by atoms with Gasteiger partial charge in [0.15, 0.2) is 16.5 Å². The molecular formula is C30H29F4N3O4S. The van der Waals surface area contributed by atoms with Gasteiger partial charge < -0.3 is 14.8 Å². The zero-order valence-electron chi connectivity index (χ0n) is 22.7. The van der Waals surface area contributed by atoms with E-state index in [0.717, 1.165) is 48.3 Å². The highest BCUT2D eigenvalue weighted by Gasteiger charge is 2.32. The van der Waals surface area contributed by atoms with Gasteiger partial charge in [0.05, 0.1) is 11.5 Å². The molecule has 4 aromatic rings. The minimum atomic E-state index is -5.03. The number of aromatic nitrogens is 2. The van der Waals surface area contributed by atoms with Crippen molar-refractivity contribution in [3.8, 4) is 16.2 Å². The third-order valence-corrected chi connectivity index (χ3v) is 8.38. The van der Waals surface area contributed by atoms with Crippen LogP contribution in [0.25, 0.3) is 15.4 Å². The smallest absolute Gasteiger partial charge is 0.466 e. The third-order valence-electron chi connectivity index (χ3n) is 7.34. The second kappa shape index (κ2) is 12.5. The van der Waals surface area contributed by atoms with Gasteiger partial charge in [-0.1, -0.05) is 41.7 Å². The van der Waals surface area contributed by atoms with E-state index >= 15 is 0 Å². The molecule has 0 aliphatic heterocycles. The van der Waals surface area contributed by atoms with Crippen molar-refractivity contribution in [2.45, 2.75) is 57.9 Å². The Bertz CT molecular complexity index is 1530. The van der Waals surface area contributed by atoms with Crippen LogP contribution in [0.4, 0.5) is 17.6 Å². The molecule has 0 bridgehead atoms. The molecule has 1 fully saturated rings. The first-order valence-electron chi connectivity index (χ1n) is 13.6. The van der Waals surface area contributed by atoms with Crippen LogP contribution >= 0.6 is 11.3 Å². The SMILES string of the molecule is CCOC(=O)CC1CCC(c2ccc(-c3cn4cc(C(=O)NCc5ccc(F)c(OC(F)(F)F)c5)nc4s3)cc2)CC1. The van der Waals surface area contributed by atoms with Crippen molar-refractivity contribution >= 4 is 28.2 Å². The molecule has 1 N–H and O–H groups in total. The third kappa shape index (κ3) is 7.28. The lowest BCUT2D eigenvalue weighted by Gasteiger charge is -2.28. The van der Waals surface area contributed by atoms with Crippen molar-refractivity contribution in [1.82, 2.24) is 14.7 Å². The second-order valence-corrected chi connectivity index (χ2v) is 11.3. The molecule has 222 valence electrons. The van der Waals surface area contributed by atoms with Crippen LogP contribution in [0, 0.1) is 11.7 Å². The number of imidazole rings is 1. The molecule has 2 heterocycles. The fraction of sp³-hybridized carbons (Fsp3) is 0.367. The first-order valence-corrected chi connectivity index (χ1v) is 14.5. The summed E-state index contributed by atoms with van der Waals surface area (Å²) < 4.78 is 61.6. The number of thiazole rings is 1.